The van der Waals surface area contributed by atoms with Crippen molar-refractivity contribution in [3.05, 3.63) is 42.0 Å². The number of hydrogen-bond acceptors (Lipinski definition) is 5. The smallest absolute Gasteiger partial charge is 0.408 e. The molecule has 3 rings (SSSR count). The summed E-state index contributed by atoms with van der Waals surface area (Å²) >= 11 is 1.73. The molecule has 2 bridgehead atoms. The third kappa shape index (κ3) is 7.20. The Kier molecular flexibility index (Phi) is 7.92. The van der Waals surface area contributed by atoms with E-state index >= 15 is 0 Å². The summed E-state index contributed by atoms with van der Waals surface area (Å²) in [5.74, 6) is 4.17. The summed E-state index contributed by atoms with van der Waals surface area (Å²) in [4.78, 5) is 25.2. The summed E-state index contributed by atoms with van der Waals surface area (Å²) in [7, 11) is 1.62. The highest BCUT2D eigenvalue weighted by atomic mass is 32.2. The Bertz CT molecular complexity index is 788. The molecule has 2 amide bonds. The van der Waals surface area contributed by atoms with Gasteiger partial charge in [-0.25, -0.2) is 4.79 Å². The van der Waals surface area contributed by atoms with Gasteiger partial charge in [-0.15, -0.1) is 0 Å². The van der Waals surface area contributed by atoms with Crippen LogP contribution in [0.25, 0.3) is 0 Å². The Balaban J connectivity index is 1.53. The molecule has 0 heterocycles. The second-order valence-corrected chi connectivity index (χ2v) is 10.4. The number of nitrogens with one attached hydrogen (secondary N) is 2. The summed E-state index contributed by atoms with van der Waals surface area (Å²) in [5, 5.41) is 5.69. The van der Waals surface area contributed by atoms with Crippen molar-refractivity contribution in [3.63, 3.8) is 0 Å². The molecule has 2 aliphatic rings. The van der Waals surface area contributed by atoms with E-state index in [9.17, 15) is 9.59 Å². The van der Waals surface area contributed by atoms with Crippen molar-refractivity contribution in [3.8, 4) is 5.75 Å². The van der Waals surface area contributed by atoms with Crippen LogP contribution in [-0.2, 0) is 16.1 Å². The van der Waals surface area contributed by atoms with Crippen molar-refractivity contribution in [1.29, 1.82) is 0 Å². The van der Waals surface area contributed by atoms with E-state index in [1.54, 1.807) is 18.9 Å². The van der Waals surface area contributed by atoms with Gasteiger partial charge in [-0.3, -0.25) is 4.79 Å². The molecule has 1 saturated carbocycles. The van der Waals surface area contributed by atoms with Gasteiger partial charge in [0.05, 0.1) is 7.11 Å². The van der Waals surface area contributed by atoms with Crippen LogP contribution in [0.15, 0.2) is 36.4 Å². The molecular formula is C24H34N2O4S. The second-order valence-electron chi connectivity index (χ2n) is 9.34. The van der Waals surface area contributed by atoms with Gasteiger partial charge >= 0.3 is 6.09 Å². The second kappa shape index (κ2) is 10.4. The monoisotopic (exact) mass is 446 g/mol. The minimum Gasteiger partial charge on any atom is -0.497 e. The predicted octanol–water partition coefficient (Wildman–Crippen LogP) is 4.15. The highest BCUT2D eigenvalue weighted by Crippen LogP contribution is 2.44. The van der Waals surface area contributed by atoms with E-state index in [4.69, 9.17) is 9.47 Å². The van der Waals surface area contributed by atoms with E-state index < -0.39 is 17.7 Å². The topological polar surface area (TPSA) is 76.7 Å². The van der Waals surface area contributed by atoms with Gasteiger partial charge in [0, 0.05) is 12.3 Å². The molecule has 0 aromatic heterocycles. The zero-order valence-corrected chi connectivity index (χ0v) is 19.7. The number of benzene rings is 1. The Morgan fingerprint density at radius 1 is 1.16 bits per heavy atom. The number of allylic oxidation sites excluding steroid dienone is 2. The van der Waals surface area contributed by atoms with Crippen LogP contribution in [0.1, 0.15) is 39.2 Å². The number of hydrogen-bond donors (Lipinski definition) is 2. The lowest BCUT2D eigenvalue weighted by molar-refractivity contribution is -0.122. The van der Waals surface area contributed by atoms with Gasteiger partial charge in [-0.05, 0) is 74.8 Å². The summed E-state index contributed by atoms with van der Waals surface area (Å²) in [6.45, 7) is 5.81. The first kappa shape index (κ1) is 23.5. The van der Waals surface area contributed by atoms with E-state index in [1.807, 2.05) is 45.0 Å². The molecule has 0 unspecified atom stereocenters. The fraction of sp³-hybridized carbons (Fsp3) is 0.583. The Morgan fingerprint density at radius 2 is 1.90 bits per heavy atom. The van der Waals surface area contributed by atoms with Gasteiger partial charge in [0.2, 0.25) is 5.91 Å². The van der Waals surface area contributed by atoms with Crippen LogP contribution in [0.2, 0.25) is 0 Å². The predicted molar refractivity (Wildman–Crippen MR) is 124 cm³/mol. The van der Waals surface area contributed by atoms with Crippen LogP contribution in [0, 0.1) is 17.8 Å². The molecule has 1 aromatic carbocycles. The van der Waals surface area contributed by atoms with Gasteiger partial charge in [-0.2, -0.15) is 11.8 Å². The number of amides is 2. The quantitative estimate of drug-likeness (QED) is 0.557. The largest absolute Gasteiger partial charge is 0.497 e. The minimum absolute atomic E-state index is 0.206. The molecule has 2 aliphatic carbocycles. The number of carbonyl (C=O) groups excluding carboxylic acids is 2. The third-order valence-corrected chi connectivity index (χ3v) is 6.90. The maximum Gasteiger partial charge on any atom is 0.408 e. The Labute approximate surface area is 189 Å². The fourth-order valence-electron chi connectivity index (χ4n) is 4.11. The SMILES string of the molecule is COc1ccc(CNC(=O)[C@H](CSC[C@H]2C[C@@H]3C=C[C@H]2C3)NC(=O)OC(C)(C)C)cc1. The van der Waals surface area contributed by atoms with E-state index in [0.717, 1.165) is 23.0 Å². The maximum atomic E-state index is 12.9. The highest BCUT2D eigenvalue weighted by Gasteiger charge is 2.35. The molecule has 0 radical (unpaired) electrons. The Hall–Kier alpha value is -2.15. The number of thioether (sulfide) groups is 1. The number of rotatable bonds is 9. The van der Waals surface area contributed by atoms with E-state index in [1.165, 1.54) is 12.8 Å². The molecule has 170 valence electrons. The molecule has 1 aromatic rings. The van der Waals surface area contributed by atoms with Crippen molar-refractivity contribution < 1.29 is 19.1 Å². The van der Waals surface area contributed by atoms with Gasteiger partial charge in [0.15, 0.2) is 0 Å². The summed E-state index contributed by atoms with van der Waals surface area (Å²) in [5.41, 5.74) is 0.350. The minimum atomic E-state index is -0.646. The molecule has 1 fully saturated rings. The number of methoxy groups -OCH3 is 1. The van der Waals surface area contributed by atoms with Crippen LogP contribution < -0.4 is 15.4 Å². The first-order chi connectivity index (χ1) is 14.7. The molecule has 31 heavy (non-hydrogen) atoms. The van der Waals surface area contributed by atoms with Crippen molar-refractivity contribution in [2.45, 2.75) is 51.8 Å². The lowest BCUT2D eigenvalue weighted by Crippen LogP contribution is -2.49. The molecule has 6 nitrogen and oxygen atoms in total. The third-order valence-electron chi connectivity index (χ3n) is 5.67. The van der Waals surface area contributed by atoms with Crippen LogP contribution in [0.3, 0.4) is 0 Å². The van der Waals surface area contributed by atoms with Crippen LogP contribution in [0.4, 0.5) is 4.79 Å². The number of fused-ring (bicyclic) bond motifs is 2. The fourth-order valence-corrected chi connectivity index (χ4v) is 5.40. The summed E-state index contributed by atoms with van der Waals surface area (Å²) < 4.78 is 10.5. The van der Waals surface area contributed by atoms with Gasteiger partial charge in [0.25, 0.3) is 0 Å². The Morgan fingerprint density at radius 3 is 2.48 bits per heavy atom. The van der Waals surface area contributed by atoms with Crippen LogP contribution in [-0.4, -0.2) is 42.3 Å². The lowest BCUT2D eigenvalue weighted by Gasteiger charge is -2.24. The zero-order valence-electron chi connectivity index (χ0n) is 18.9. The van der Waals surface area contributed by atoms with Gasteiger partial charge < -0.3 is 20.1 Å². The van der Waals surface area contributed by atoms with Crippen molar-refractivity contribution >= 4 is 23.8 Å². The summed E-state index contributed by atoms with van der Waals surface area (Å²) in [6, 6.07) is 6.89. The number of ether oxygens (including phenoxy) is 2. The molecule has 4 atom stereocenters. The summed E-state index contributed by atoms with van der Waals surface area (Å²) in [6.07, 6.45) is 6.62. The van der Waals surface area contributed by atoms with Crippen LogP contribution >= 0.6 is 11.8 Å². The lowest BCUT2D eigenvalue weighted by atomic mass is 9.96. The number of carbonyl (C=O) groups is 2. The van der Waals surface area contributed by atoms with Crippen molar-refractivity contribution in [1.82, 2.24) is 10.6 Å². The standard InChI is InChI=1S/C24H34N2O4S/c1-24(2,3)30-23(28)26-21(15-31-14-19-12-17-5-8-18(19)11-17)22(27)25-13-16-6-9-20(29-4)10-7-16/h5-10,17-19,21H,11-15H2,1-4H3,(H,25,27)(H,26,28)/t17-,18+,19-,21+/m1/s1. The number of alkyl carbamates (subject to hydrolysis) is 1. The normalized spacial score (nSPS) is 22.8. The average Bonchev–Trinajstić information content (AvgIpc) is 3.33. The first-order valence-corrected chi connectivity index (χ1v) is 12.0. The average molecular weight is 447 g/mol. The van der Waals surface area contributed by atoms with Crippen LogP contribution in [0.5, 0.6) is 5.75 Å². The molecule has 2 N–H and O–H groups in total. The molecule has 0 saturated heterocycles. The van der Waals surface area contributed by atoms with Gasteiger partial charge in [-0.1, -0.05) is 24.3 Å². The molecule has 0 spiro atoms. The van der Waals surface area contributed by atoms with Crippen molar-refractivity contribution in [2.24, 2.45) is 17.8 Å². The van der Waals surface area contributed by atoms with E-state index in [2.05, 4.69) is 22.8 Å². The van der Waals surface area contributed by atoms with E-state index in [0.29, 0.717) is 24.1 Å². The molecule has 0 aliphatic heterocycles. The zero-order chi connectivity index (χ0) is 22.4. The first-order valence-electron chi connectivity index (χ1n) is 10.9. The highest BCUT2D eigenvalue weighted by molar-refractivity contribution is 7.99. The van der Waals surface area contributed by atoms with Crippen molar-refractivity contribution in [2.75, 3.05) is 18.6 Å². The maximum absolute atomic E-state index is 12.9. The molecular weight excluding hydrogens is 412 g/mol. The van der Waals surface area contributed by atoms with E-state index in [-0.39, 0.29) is 5.91 Å². The molecule has 7 heteroatoms. The van der Waals surface area contributed by atoms with Gasteiger partial charge in [0.1, 0.15) is 17.4 Å².